The molecule has 0 heterocycles. The van der Waals surface area contributed by atoms with E-state index in [0.717, 1.165) is 5.56 Å². The smallest absolute Gasteiger partial charge is 0.127 e. The van der Waals surface area contributed by atoms with Crippen molar-refractivity contribution in [2.24, 2.45) is 5.92 Å². The number of hydrogen-bond acceptors (Lipinski definition) is 2. The van der Waals surface area contributed by atoms with Gasteiger partial charge in [0.15, 0.2) is 0 Å². The summed E-state index contributed by atoms with van der Waals surface area (Å²) in [6.07, 6.45) is 0. The van der Waals surface area contributed by atoms with E-state index in [1.165, 1.54) is 12.1 Å². The van der Waals surface area contributed by atoms with E-state index in [0.29, 0.717) is 30.9 Å². The topological polar surface area (TPSA) is 21.3 Å². The molecule has 0 amide bonds. The Morgan fingerprint density at radius 1 is 1.18 bits per heavy atom. The van der Waals surface area contributed by atoms with Gasteiger partial charge in [-0.1, -0.05) is 27.7 Å². The predicted molar refractivity (Wildman–Crippen MR) is 68.7 cm³/mol. The van der Waals surface area contributed by atoms with Gasteiger partial charge < -0.3 is 10.1 Å². The first kappa shape index (κ1) is 14.0. The highest BCUT2D eigenvalue weighted by atomic mass is 19.1. The molecular formula is C14H22FNO. The molecule has 2 nitrogen and oxygen atoms in total. The van der Waals surface area contributed by atoms with Crippen molar-refractivity contribution in [3.05, 3.63) is 29.6 Å². The largest absolute Gasteiger partial charge is 0.493 e. The fraction of sp³-hybridized carbons (Fsp3) is 0.571. The zero-order chi connectivity index (χ0) is 12.8. The van der Waals surface area contributed by atoms with Gasteiger partial charge in [0.05, 0.1) is 6.61 Å². The molecule has 1 N–H and O–H groups in total. The van der Waals surface area contributed by atoms with E-state index in [-0.39, 0.29) is 5.82 Å². The lowest BCUT2D eigenvalue weighted by molar-refractivity contribution is 0.269. The Bertz CT molecular complexity index is 320. The van der Waals surface area contributed by atoms with Crippen LogP contribution >= 0.6 is 0 Å². The van der Waals surface area contributed by atoms with Crippen molar-refractivity contribution in [2.75, 3.05) is 6.61 Å². The summed E-state index contributed by atoms with van der Waals surface area (Å²) in [5.74, 6) is 0.807. The lowest BCUT2D eigenvalue weighted by Crippen LogP contribution is -2.21. The highest BCUT2D eigenvalue weighted by Crippen LogP contribution is 2.17. The van der Waals surface area contributed by atoms with Crippen LogP contribution in [0.5, 0.6) is 5.75 Å². The lowest BCUT2D eigenvalue weighted by Gasteiger charge is -2.12. The van der Waals surface area contributed by atoms with Crippen LogP contribution in [0.4, 0.5) is 4.39 Å². The summed E-state index contributed by atoms with van der Waals surface area (Å²) >= 11 is 0. The average Bonchev–Trinajstić information content (AvgIpc) is 2.23. The summed E-state index contributed by atoms with van der Waals surface area (Å²) in [5.41, 5.74) is 0.914. The molecule has 0 aliphatic rings. The lowest BCUT2D eigenvalue weighted by atomic mass is 10.2. The summed E-state index contributed by atoms with van der Waals surface area (Å²) in [7, 11) is 0. The normalized spacial score (nSPS) is 11.2. The standard InChI is InChI=1S/C14H22FNO/c1-10(2)9-17-14-6-12(5-13(15)7-14)8-16-11(3)4/h5-7,10-11,16H,8-9H2,1-4H3. The van der Waals surface area contributed by atoms with Crippen molar-refractivity contribution < 1.29 is 9.13 Å². The van der Waals surface area contributed by atoms with Crippen LogP contribution in [0.3, 0.4) is 0 Å². The van der Waals surface area contributed by atoms with Crippen molar-refractivity contribution in [2.45, 2.75) is 40.3 Å². The molecule has 0 aliphatic carbocycles. The molecule has 1 rings (SSSR count). The zero-order valence-corrected chi connectivity index (χ0v) is 11.1. The first-order valence-electron chi connectivity index (χ1n) is 6.13. The summed E-state index contributed by atoms with van der Waals surface area (Å²) in [5, 5.41) is 3.26. The Hall–Kier alpha value is -1.09. The molecule has 0 aliphatic heterocycles. The Kier molecular flexibility index (Phi) is 5.42. The van der Waals surface area contributed by atoms with E-state index in [1.807, 2.05) is 6.07 Å². The van der Waals surface area contributed by atoms with Gasteiger partial charge in [-0.2, -0.15) is 0 Å². The molecule has 17 heavy (non-hydrogen) atoms. The van der Waals surface area contributed by atoms with Gasteiger partial charge >= 0.3 is 0 Å². The summed E-state index contributed by atoms with van der Waals surface area (Å²) in [6.45, 7) is 9.54. The Morgan fingerprint density at radius 3 is 2.47 bits per heavy atom. The zero-order valence-electron chi connectivity index (χ0n) is 11.1. The maximum absolute atomic E-state index is 13.4. The van der Waals surface area contributed by atoms with Gasteiger partial charge in [-0.05, 0) is 23.6 Å². The Labute approximate surface area is 103 Å². The number of halogens is 1. The van der Waals surface area contributed by atoms with Crippen LogP contribution in [0.1, 0.15) is 33.3 Å². The second kappa shape index (κ2) is 6.60. The van der Waals surface area contributed by atoms with Gasteiger partial charge in [0.2, 0.25) is 0 Å². The predicted octanol–water partition coefficient (Wildman–Crippen LogP) is 3.36. The van der Waals surface area contributed by atoms with Crippen molar-refractivity contribution >= 4 is 0 Å². The fourth-order valence-corrected chi connectivity index (χ4v) is 1.39. The van der Waals surface area contributed by atoms with Gasteiger partial charge in [-0.15, -0.1) is 0 Å². The second-order valence-electron chi connectivity index (χ2n) is 5.04. The number of ether oxygens (including phenoxy) is 1. The molecule has 1 aromatic carbocycles. The Morgan fingerprint density at radius 2 is 1.88 bits per heavy atom. The summed E-state index contributed by atoms with van der Waals surface area (Å²) < 4.78 is 18.9. The number of hydrogen-bond donors (Lipinski definition) is 1. The third-order valence-corrected chi connectivity index (χ3v) is 2.23. The third-order valence-electron chi connectivity index (χ3n) is 2.23. The molecule has 0 bridgehead atoms. The van der Waals surface area contributed by atoms with E-state index in [9.17, 15) is 4.39 Å². The van der Waals surface area contributed by atoms with Crippen LogP contribution in [0.15, 0.2) is 18.2 Å². The van der Waals surface area contributed by atoms with E-state index in [1.54, 1.807) is 0 Å². The molecule has 3 heteroatoms. The van der Waals surface area contributed by atoms with Crippen LogP contribution in [0.25, 0.3) is 0 Å². The summed E-state index contributed by atoms with van der Waals surface area (Å²) in [6, 6.07) is 5.25. The quantitative estimate of drug-likeness (QED) is 0.822. The van der Waals surface area contributed by atoms with E-state index < -0.39 is 0 Å². The van der Waals surface area contributed by atoms with Gasteiger partial charge in [0.25, 0.3) is 0 Å². The molecule has 0 aromatic heterocycles. The molecule has 0 radical (unpaired) electrons. The van der Waals surface area contributed by atoms with Crippen molar-refractivity contribution in [1.82, 2.24) is 5.32 Å². The van der Waals surface area contributed by atoms with Crippen LogP contribution in [-0.4, -0.2) is 12.6 Å². The van der Waals surface area contributed by atoms with Crippen LogP contribution < -0.4 is 10.1 Å². The molecule has 0 atom stereocenters. The first-order valence-corrected chi connectivity index (χ1v) is 6.13. The molecule has 0 fully saturated rings. The first-order chi connectivity index (χ1) is 7.97. The van der Waals surface area contributed by atoms with Gasteiger partial charge in [0, 0.05) is 18.7 Å². The van der Waals surface area contributed by atoms with Crippen molar-refractivity contribution in [3.8, 4) is 5.75 Å². The van der Waals surface area contributed by atoms with E-state index in [4.69, 9.17) is 4.74 Å². The van der Waals surface area contributed by atoms with Crippen molar-refractivity contribution in [3.63, 3.8) is 0 Å². The second-order valence-corrected chi connectivity index (χ2v) is 5.04. The highest BCUT2D eigenvalue weighted by molar-refractivity contribution is 5.29. The highest BCUT2D eigenvalue weighted by Gasteiger charge is 2.04. The summed E-state index contributed by atoms with van der Waals surface area (Å²) in [4.78, 5) is 0. The molecule has 0 saturated carbocycles. The maximum Gasteiger partial charge on any atom is 0.127 e. The number of nitrogens with one attached hydrogen (secondary N) is 1. The molecule has 0 spiro atoms. The average molecular weight is 239 g/mol. The molecule has 0 saturated heterocycles. The molecular weight excluding hydrogens is 217 g/mol. The van der Waals surface area contributed by atoms with Crippen molar-refractivity contribution in [1.29, 1.82) is 0 Å². The minimum absolute atomic E-state index is 0.244. The molecule has 96 valence electrons. The van der Waals surface area contributed by atoms with Gasteiger partial charge in [-0.3, -0.25) is 0 Å². The Balaban J connectivity index is 2.65. The minimum Gasteiger partial charge on any atom is -0.493 e. The van der Waals surface area contributed by atoms with E-state index >= 15 is 0 Å². The SMILES string of the molecule is CC(C)COc1cc(F)cc(CNC(C)C)c1. The minimum atomic E-state index is -0.244. The monoisotopic (exact) mass is 239 g/mol. The number of benzene rings is 1. The molecule has 0 unspecified atom stereocenters. The fourth-order valence-electron chi connectivity index (χ4n) is 1.39. The third kappa shape index (κ3) is 5.68. The van der Waals surface area contributed by atoms with E-state index in [2.05, 4.69) is 33.0 Å². The molecule has 1 aromatic rings. The van der Waals surface area contributed by atoms with Gasteiger partial charge in [0.1, 0.15) is 11.6 Å². The van der Waals surface area contributed by atoms with Crippen LogP contribution in [-0.2, 0) is 6.54 Å². The van der Waals surface area contributed by atoms with Crippen LogP contribution in [0, 0.1) is 11.7 Å². The van der Waals surface area contributed by atoms with Gasteiger partial charge in [-0.25, -0.2) is 4.39 Å². The maximum atomic E-state index is 13.4. The van der Waals surface area contributed by atoms with Crippen LogP contribution in [0.2, 0.25) is 0 Å². The number of rotatable bonds is 6.